The lowest BCUT2D eigenvalue weighted by atomic mass is 9.79. The van der Waals surface area contributed by atoms with E-state index in [1.165, 1.54) is 6.33 Å². The molecule has 8 nitrogen and oxygen atoms in total. The minimum absolute atomic E-state index is 0.279. The Balaban J connectivity index is 1.32. The van der Waals surface area contributed by atoms with Crippen molar-refractivity contribution in [2.45, 2.75) is 39.2 Å². The molecule has 1 amide bonds. The topological polar surface area (TPSA) is 75.9 Å². The lowest BCUT2D eigenvalue weighted by Crippen LogP contribution is -2.50. The summed E-state index contributed by atoms with van der Waals surface area (Å²) in [4.78, 5) is 25.4. The first-order chi connectivity index (χ1) is 12.6. The van der Waals surface area contributed by atoms with Gasteiger partial charge in [-0.15, -0.1) is 0 Å². The number of hydrogen-bond donors (Lipinski definition) is 0. The molecule has 0 bridgehead atoms. The maximum Gasteiger partial charge on any atom is 0.254 e. The van der Waals surface area contributed by atoms with Crippen molar-refractivity contribution in [1.29, 1.82) is 0 Å². The highest BCUT2D eigenvalue weighted by atomic mass is 16.5. The van der Waals surface area contributed by atoms with Gasteiger partial charge in [0, 0.05) is 51.0 Å². The number of carbonyl (C=O) groups is 1. The highest BCUT2D eigenvalue weighted by Crippen LogP contribution is 2.33. The number of nitrogens with zero attached hydrogens (tertiary/aromatic N) is 6. The molecule has 0 radical (unpaired) electrons. The summed E-state index contributed by atoms with van der Waals surface area (Å²) in [7, 11) is 0. The zero-order valence-corrected chi connectivity index (χ0v) is 15.5. The summed E-state index contributed by atoms with van der Waals surface area (Å²) in [5.74, 6) is 2.39. The van der Waals surface area contributed by atoms with Crippen molar-refractivity contribution in [1.82, 2.24) is 24.5 Å². The Morgan fingerprint density at radius 2 is 2.04 bits per heavy atom. The number of carbonyl (C=O) groups excluding carboxylic acids is 1. The SMILES string of the molecule is CCOC1CC(CC(=O)N2CCN(c3cc(C)nc4ncnn34)CC2)C1. The minimum Gasteiger partial charge on any atom is -0.378 e. The number of piperazine rings is 1. The lowest BCUT2D eigenvalue weighted by Gasteiger charge is -2.39. The molecule has 1 aliphatic heterocycles. The molecule has 3 heterocycles. The van der Waals surface area contributed by atoms with Crippen LogP contribution in [0.4, 0.5) is 5.82 Å². The number of amides is 1. The molecule has 2 aliphatic rings. The predicted octanol–water partition coefficient (Wildman–Crippen LogP) is 1.29. The third-order valence-corrected chi connectivity index (χ3v) is 5.38. The van der Waals surface area contributed by atoms with Crippen molar-refractivity contribution in [2.75, 3.05) is 37.7 Å². The summed E-state index contributed by atoms with van der Waals surface area (Å²) >= 11 is 0. The Hall–Kier alpha value is -2.22. The van der Waals surface area contributed by atoms with E-state index in [9.17, 15) is 4.79 Å². The maximum absolute atomic E-state index is 12.6. The Bertz CT molecular complexity index is 777. The van der Waals surface area contributed by atoms with Crippen LogP contribution in [0, 0.1) is 12.8 Å². The standard InChI is InChI=1S/C18H26N6O2/c1-3-26-15-9-14(10-15)11-17(25)23-6-4-22(5-7-23)16-8-13(2)21-18-19-12-20-24(16)18/h8,12,14-15H,3-7,9-11H2,1-2H3. The van der Waals surface area contributed by atoms with Crippen LogP contribution in [-0.2, 0) is 9.53 Å². The van der Waals surface area contributed by atoms with Gasteiger partial charge in [-0.05, 0) is 32.6 Å². The van der Waals surface area contributed by atoms with E-state index in [0.717, 1.165) is 57.1 Å². The number of aryl methyl sites for hydroxylation is 1. The van der Waals surface area contributed by atoms with E-state index in [4.69, 9.17) is 4.74 Å². The van der Waals surface area contributed by atoms with Gasteiger partial charge in [0.05, 0.1) is 6.10 Å². The van der Waals surface area contributed by atoms with Gasteiger partial charge in [0.15, 0.2) is 0 Å². The van der Waals surface area contributed by atoms with Crippen LogP contribution in [0.2, 0.25) is 0 Å². The third-order valence-electron chi connectivity index (χ3n) is 5.38. The lowest BCUT2D eigenvalue weighted by molar-refractivity contribution is -0.134. The van der Waals surface area contributed by atoms with Gasteiger partial charge >= 0.3 is 0 Å². The fourth-order valence-electron chi connectivity index (χ4n) is 3.91. The second-order valence-electron chi connectivity index (χ2n) is 7.21. The van der Waals surface area contributed by atoms with E-state index >= 15 is 0 Å². The summed E-state index contributed by atoms with van der Waals surface area (Å²) < 4.78 is 7.36. The molecule has 0 spiro atoms. The van der Waals surface area contributed by atoms with Crippen molar-refractivity contribution < 1.29 is 9.53 Å². The Morgan fingerprint density at radius 1 is 1.27 bits per heavy atom. The maximum atomic E-state index is 12.6. The molecule has 1 saturated carbocycles. The molecule has 1 saturated heterocycles. The summed E-state index contributed by atoms with van der Waals surface area (Å²) in [5.41, 5.74) is 0.924. The molecule has 8 heteroatoms. The molecule has 140 valence electrons. The smallest absolute Gasteiger partial charge is 0.254 e. The number of anilines is 1. The highest BCUT2D eigenvalue weighted by molar-refractivity contribution is 5.77. The second kappa shape index (κ2) is 7.19. The predicted molar refractivity (Wildman–Crippen MR) is 97.1 cm³/mol. The molecular weight excluding hydrogens is 332 g/mol. The van der Waals surface area contributed by atoms with Crippen LogP contribution in [0.5, 0.6) is 0 Å². The first kappa shape index (κ1) is 17.2. The van der Waals surface area contributed by atoms with E-state index in [1.54, 1.807) is 4.52 Å². The number of fused-ring (bicyclic) bond motifs is 1. The van der Waals surface area contributed by atoms with Crippen LogP contribution < -0.4 is 4.90 Å². The Labute approximate surface area is 153 Å². The summed E-state index contributed by atoms with van der Waals surface area (Å²) in [5, 5.41) is 4.28. The van der Waals surface area contributed by atoms with Gasteiger partial charge in [-0.1, -0.05) is 0 Å². The molecule has 26 heavy (non-hydrogen) atoms. The summed E-state index contributed by atoms with van der Waals surface area (Å²) in [6.07, 6.45) is 4.61. The van der Waals surface area contributed by atoms with Gasteiger partial charge in [0.1, 0.15) is 12.1 Å². The van der Waals surface area contributed by atoms with Gasteiger partial charge in [0.2, 0.25) is 5.91 Å². The monoisotopic (exact) mass is 358 g/mol. The molecule has 2 aromatic heterocycles. The first-order valence-electron chi connectivity index (χ1n) is 9.45. The van der Waals surface area contributed by atoms with Crippen LogP contribution in [0.15, 0.2) is 12.4 Å². The quantitative estimate of drug-likeness (QED) is 0.802. The van der Waals surface area contributed by atoms with Crippen molar-refractivity contribution >= 4 is 17.5 Å². The number of ether oxygens (including phenoxy) is 1. The Morgan fingerprint density at radius 3 is 2.77 bits per heavy atom. The summed E-state index contributed by atoms with van der Waals surface area (Å²) in [6.45, 7) is 7.85. The molecule has 2 aromatic rings. The fraction of sp³-hybridized carbons (Fsp3) is 0.667. The molecule has 0 unspecified atom stereocenters. The van der Waals surface area contributed by atoms with E-state index < -0.39 is 0 Å². The molecule has 4 rings (SSSR count). The molecular formula is C18H26N6O2. The number of rotatable bonds is 5. The summed E-state index contributed by atoms with van der Waals surface area (Å²) in [6, 6.07) is 2.03. The van der Waals surface area contributed by atoms with E-state index in [1.807, 2.05) is 24.8 Å². The van der Waals surface area contributed by atoms with Crippen LogP contribution in [0.3, 0.4) is 0 Å². The van der Waals surface area contributed by atoms with Gasteiger partial charge < -0.3 is 14.5 Å². The normalized spacial score (nSPS) is 23.3. The molecule has 0 N–H and O–H groups in total. The largest absolute Gasteiger partial charge is 0.378 e. The average Bonchev–Trinajstić information content (AvgIpc) is 3.07. The zero-order valence-electron chi connectivity index (χ0n) is 15.5. The van der Waals surface area contributed by atoms with Crippen LogP contribution in [0.25, 0.3) is 5.78 Å². The first-order valence-corrected chi connectivity index (χ1v) is 9.45. The van der Waals surface area contributed by atoms with E-state index in [2.05, 4.69) is 20.0 Å². The van der Waals surface area contributed by atoms with Gasteiger partial charge in [-0.25, -0.2) is 4.98 Å². The average molecular weight is 358 g/mol. The van der Waals surface area contributed by atoms with Crippen LogP contribution in [-0.4, -0.2) is 69.3 Å². The molecule has 2 fully saturated rings. The molecule has 1 aliphatic carbocycles. The third kappa shape index (κ3) is 3.38. The van der Waals surface area contributed by atoms with Crippen molar-refractivity contribution in [2.24, 2.45) is 5.92 Å². The van der Waals surface area contributed by atoms with Gasteiger partial charge in [-0.3, -0.25) is 4.79 Å². The van der Waals surface area contributed by atoms with Crippen LogP contribution >= 0.6 is 0 Å². The van der Waals surface area contributed by atoms with Crippen molar-refractivity contribution in [3.63, 3.8) is 0 Å². The van der Waals surface area contributed by atoms with Crippen molar-refractivity contribution in [3.8, 4) is 0 Å². The Kier molecular flexibility index (Phi) is 4.76. The number of hydrogen-bond acceptors (Lipinski definition) is 6. The van der Waals surface area contributed by atoms with Gasteiger partial charge in [0.25, 0.3) is 5.78 Å². The van der Waals surface area contributed by atoms with E-state index in [-0.39, 0.29) is 5.91 Å². The minimum atomic E-state index is 0.279. The second-order valence-corrected chi connectivity index (χ2v) is 7.21. The molecule has 0 atom stereocenters. The molecule has 0 aromatic carbocycles. The van der Waals surface area contributed by atoms with E-state index in [0.29, 0.717) is 24.2 Å². The zero-order chi connectivity index (χ0) is 18.1. The number of aromatic nitrogens is 4. The fourth-order valence-corrected chi connectivity index (χ4v) is 3.91. The van der Waals surface area contributed by atoms with Gasteiger partial charge in [-0.2, -0.15) is 14.6 Å². The van der Waals surface area contributed by atoms with Crippen LogP contribution in [0.1, 0.15) is 31.9 Å². The van der Waals surface area contributed by atoms with Crippen molar-refractivity contribution in [3.05, 3.63) is 18.1 Å². The highest BCUT2D eigenvalue weighted by Gasteiger charge is 2.33.